The fourth-order valence-electron chi connectivity index (χ4n) is 2.47. The number of aromatic nitrogens is 3. The molecule has 1 atom stereocenters. The van der Waals surface area contributed by atoms with Crippen LogP contribution in [0.1, 0.15) is 33.0 Å². The fourth-order valence-corrected chi connectivity index (χ4v) is 4.58. The Morgan fingerprint density at radius 1 is 1.53 bits per heavy atom. The smallest absolute Gasteiger partial charge is 0.152 e. The minimum atomic E-state index is -2.94. The molecule has 2 heterocycles. The summed E-state index contributed by atoms with van der Waals surface area (Å²) in [5.74, 6) is 1.77. The molecule has 1 N–H and O–H groups in total. The quantitative estimate of drug-likeness (QED) is 0.855. The van der Waals surface area contributed by atoms with E-state index in [4.69, 9.17) is 0 Å². The van der Waals surface area contributed by atoms with E-state index in [0.717, 1.165) is 12.4 Å². The largest absolute Gasteiger partial charge is 0.310 e. The van der Waals surface area contributed by atoms with E-state index in [0.29, 0.717) is 18.9 Å². The van der Waals surface area contributed by atoms with Crippen molar-refractivity contribution in [2.45, 2.75) is 39.3 Å². The highest BCUT2D eigenvalue weighted by molar-refractivity contribution is 7.91. The summed E-state index contributed by atoms with van der Waals surface area (Å²) in [7, 11) is -2.94. The van der Waals surface area contributed by atoms with Crippen molar-refractivity contribution < 1.29 is 8.42 Å². The Kier molecular flexibility index (Phi) is 3.96. The highest BCUT2D eigenvalue weighted by Crippen LogP contribution is 2.30. The lowest BCUT2D eigenvalue weighted by Crippen LogP contribution is -2.35. The van der Waals surface area contributed by atoms with Crippen LogP contribution in [0.2, 0.25) is 0 Å². The lowest BCUT2D eigenvalue weighted by molar-refractivity contribution is 0.312. The summed E-state index contributed by atoms with van der Waals surface area (Å²) in [6.45, 7) is 7.75. The molecule has 0 saturated carbocycles. The topological polar surface area (TPSA) is 76.9 Å². The average molecular weight is 286 g/mol. The third-order valence-corrected chi connectivity index (χ3v) is 5.34. The van der Waals surface area contributed by atoms with Gasteiger partial charge in [-0.1, -0.05) is 13.8 Å². The van der Waals surface area contributed by atoms with Gasteiger partial charge in [0.2, 0.25) is 0 Å². The third-order valence-electron chi connectivity index (χ3n) is 3.45. The SMILES string of the molecule is CC(C)CNCc1ncnn1C1(C)CCS(=O)(=O)C1. The molecular weight excluding hydrogens is 264 g/mol. The Morgan fingerprint density at radius 3 is 2.84 bits per heavy atom. The van der Waals surface area contributed by atoms with Gasteiger partial charge in [0.1, 0.15) is 12.2 Å². The Morgan fingerprint density at radius 2 is 2.26 bits per heavy atom. The first-order valence-electron chi connectivity index (χ1n) is 6.63. The van der Waals surface area contributed by atoms with Gasteiger partial charge in [-0.05, 0) is 25.8 Å². The number of hydrogen-bond acceptors (Lipinski definition) is 5. The second-order valence-corrected chi connectivity index (χ2v) is 8.14. The Labute approximate surface area is 114 Å². The summed E-state index contributed by atoms with van der Waals surface area (Å²) in [5.41, 5.74) is -0.454. The number of sulfone groups is 1. The lowest BCUT2D eigenvalue weighted by atomic mass is 10.0. The van der Waals surface area contributed by atoms with Gasteiger partial charge in [-0.15, -0.1) is 0 Å². The molecule has 1 saturated heterocycles. The molecule has 1 aliphatic heterocycles. The van der Waals surface area contributed by atoms with Crippen molar-refractivity contribution in [2.24, 2.45) is 5.92 Å². The maximum atomic E-state index is 11.7. The maximum absolute atomic E-state index is 11.7. The highest BCUT2D eigenvalue weighted by atomic mass is 32.2. The minimum absolute atomic E-state index is 0.153. The van der Waals surface area contributed by atoms with Crippen LogP contribution in [-0.4, -0.2) is 41.2 Å². The molecule has 0 amide bonds. The average Bonchev–Trinajstić information content (AvgIpc) is 2.84. The second-order valence-electron chi connectivity index (χ2n) is 5.95. The number of nitrogens with one attached hydrogen (secondary N) is 1. The first kappa shape index (κ1) is 14.5. The van der Waals surface area contributed by atoms with Crippen LogP contribution >= 0.6 is 0 Å². The molecule has 7 heteroatoms. The molecule has 2 rings (SSSR count). The third kappa shape index (κ3) is 3.33. The summed E-state index contributed by atoms with van der Waals surface area (Å²) in [4.78, 5) is 4.25. The molecule has 0 aliphatic carbocycles. The van der Waals surface area contributed by atoms with E-state index in [2.05, 4.69) is 29.2 Å². The molecule has 0 bridgehead atoms. The normalized spacial score (nSPS) is 26.1. The molecule has 1 aliphatic rings. The highest BCUT2D eigenvalue weighted by Gasteiger charge is 2.41. The zero-order valence-corrected chi connectivity index (χ0v) is 12.6. The van der Waals surface area contributed by atoms with Gasteiger partial charge < -0.3 is 5.32 Å². The van der Waals surface area contributed by atoms with Gasteiger partial charge in [-0.25, -0.2) is 18.1 Å². The Hall–Kier alpha value is -0.950. The van der Waals surface area contributed by atoms with Gasteiger partial charge in [0.25, 0.3) is 0 Å². The van der Waals surface area contributed by atoms with Crippen LogP contribution in [0.15, 0.2) is 6.33 Å². The molecule has 1 aromatic heterocycles. The van der Waals surface area contributed by atoms with Gasteiger partial charge in [-0.3, -0.25) is 0 Å². The van der Waals surface area contributed by atoms with E-state index in [1.165, 1.54) is 6.33 Å². The van der Waals surface area contributed by atoms with E-state index in [-0.39, 0.29) is 11.5 Å². The predicted molar refractivity (Wildman–Crippen MR) is 73.5 cm³/mol. The predicted octanol–water partition coefficient (Wildman–Crippen LogP) is 0.557. The van der Waals surface area contributed by atoms with E-state index in [9.17, 15) is 8.42 Å². The maximum Gasteiger partial charge on any atom is 0.152 e. The second kappa shape index (κ2) is 5.20. The number of hydrogen-bond donors (Lipinski definition) is 1. The van der Waals surface area contributed by atoms with Gasteiger partial charge in [-0.2, -0.15) is 5.10 Å². The molecule has 6 nitrogen and oxygen atoms in total. The summed E-state index contributed by atoms with van der Waals surface area (Å²) in [6.07, 6.45) is 2.11. The van der Waals surface area contributed by atoms with Crippen molar-refractivity contribution in [3.63, 3.8) is 0 Å². The van der Waals surface area contributed by atoms with Crippen molar-refractivity contribution in [1.29, 1.82) is 0 Å². The first-order valence-corrected chi connectivity index (χ1v) is 8.45. The van der Waals surface area contributed by atoms with E-state index in [1.807, 2.05) is 6.92 Å². The van der Waals surface area contributed by atoms with Crippen LogP contribution in [0.4, 0.5) is 0 Å². The van der Waals surface area contributed by atoms with Crippen LogP contribution in [0.25, 0.3) is 0 Å². The molecule has 1 aromatic rings. The van der Waals surface area contributed by atoms with Crippen molar-refractivity contribution in [1.82, 2.24) is 20.1 Å². The molecule has 108 valence electrons. The van der Waals surface area contributed by atoms with E-state index >= 15 is 0 Å². The zero-order valence-electron chi connectivity index (χ0n) is 11.8. The Bertz CT molecular complexity index is 538. The number of nitrogens with zero attached hydrogens (tertiary/aromatic N) is 3. The van der Waals surface area contributed by atoms with Crippen LogP contribution in [0, 0.1) is 5.92 Å². The van der Waals surface area contributed by atoms with Crippen LogP contribution in [-0.2, 0) is 21.9 Å². The standard InChI is InChI=1S/C12H22N4O2S/c1-10(2)6-13-7-11-14-9-15-16(11)12(3)4-5-19(17,18)8-12/h9-10,13H,4-8H2,1-3H3. The van der Waals surface area contributed by atoms with Crippen LogP contribution in [0.3, 0.4) is 0 Å². The van der Waals surface area contributed by atoms with Crippen molar-refractivity contribution in [3.8, 4) is 0 Å². The molecule has 0 radical (unpaired) electrons. The molecular formula is C12H22N4O2S. The van der Waals surface area contributed by atoms with Crippen molar-refractivity contribution in [3.05, 3.63) is 12.2 Å². The molecule has 1 fully saturated rings. The summed E-state index contributed by atoms with van der Waals surface area (Å²) in [5, 5.41) is 7.55. The van der Waals surface area contributed by atoms with Gasteiger partial charge in [0.05, 0.1) is 23.6 Å². The molecule has 0 aromatic carbocycles. The molecule has 19 heavy (non-hydrogen) atoms. The number of rotatable bonds is 5. The van der Waals surface area contributed by atoms with E-state index < -0.39 is 15.4 Å². The van der Waals surface area contributed by atoms with Gasteiger partial charge >= 0.3 is 0 Å². The molecule has 0 spiro atoms. The Balaban J connectivity index is 2.11. The lowest BCUT2D eigenvalue weighted by Gasteiger charge is -2.24. The van der Waals surface area contributed by atoms with Gasteiger partial charge in [0.15, 0.2) is 9.84 Å². The van der Waals surface area contributed by atoms with E-state index in [1.54, 1.807) is 4.68 Å². The summed E-state index contributed by atoms with van der Waals surface area (Å²) >= 11 is 0. The summed E-state index contributed by atoms with van der Waals surface area (Å²) < 4.78 is 25.1. The first-order chi connectivity index (χ1) is 8.82. The van der Waals surface area contributed by atoms with Crippen LogP contribution in [0.5, 0.6) is 0 Å². The fraction of sp³-hybridized carbons (Fsp3) is 0.833. The van der Waals surface area contributed by atoms with Crippen LogP contribution < -0.4 is 5.32 Å². The zero-order chi connectivity index (χ0) is 14.1. The van der Waals surface area contributed by atoms with Crippen molar-refractivity contribution >= 4 is 9.84 Å². The minimum Gasteiger partial charge on any atom is -0.310 e. The molecule has 1 unspecified atom stereocenters. The summed E-state index contributed by atoms with van der Waals surface area (Å²) in [6, 6.07) is 0. The van der Waals surface area contributed by atoms with Crippen molar-refractivity contribution in [2.75, 3.05) is 18.1 Å². The van der Waals surface area contributed by atoms with Gasteiger partial charge in [0, 0.05) is 0 Å². The monoisotopic (exact) mass is 286 g/mol.